The summed E-state index contributed by atoms with van der Waals surface area (Å²) >= 11 is 1.56. The van der Waals surface area contributed by atoms with Crippen LogP contribution in [-0.4, -0.2) is 29.5 Å². The van der Waals surface area contributed by atoms with Crippen LogP contribution in [0.1, 0.15) is 34.3 Å². The lowest BCUT2D eigenvalue weighted by Gasteiger charge is -2.29. The van der Waals surface area contributed by atoms with E-state index in [1.54, 1.807) is 11.8 Å². The summed E-state index contributed by atoms with van der Waals surface area (Å²) < 4.78 is 0. The van der Waals surface area contributed by atoms with Crippen LogP contribution in [-0.2, 0) is 17.8 Å². The summed E-state index contributed by atoms with van der Waals surface area (Å²) in [6.45, 7) is 1.45. The summed E-state index contributed by atoms with van der Waals surface area (Å²) in [4.78, 5) is 27.9. The highest BCUT2D eigenvalue weighted by Gasteiger charge is 2.34. The average Bonchev–Trinajstić information content (AvgIpc) is 3.52. The molecular weight excluding hydrogens is 344 g/mol. The van der Waals surface area contributed by atoms with E-state index in [2.05, 4.69) is 11.4 Å². The fourth-order valence-corrected chi connectivity index (χ4v) is 4.04. The largest absolute Gasteiger partial charge is 0.338 e. The minimum absolute atomic E-state index is 0.100. The number of carbonyl (C=O) groups excluding carboxylic acids is 2. The zero-order valence-electron chi connectivity index (χ0n) is 14.8. The molecule has 2 amide bonds. The third kappa shape index (κ3) is 3.49. The van der Waals surface area contributed by atoms with Gasteiger partial charge in [0.15, 0.2) is 0 Å². The maximum atomic E-state index is 12.6. The van der Waals surface area contributed by atoms with E-state index in [1.165, 1.54) is 5.56 Å². The second-order valence-corrected chi connectivity index (χ2v) is 7.77. The van der Waals surface area contributed by atoms with E-state index in [0.717, 1.165) is 42.0 Å². The van der Waals surface area contributed by atoms with Gasteiger partial charge in [0.05, 0.1) is 5.56 Å². The molecule has 1 saturated carbocycles. The number of fused-ring (bicyclic) bond motifs is 1. The molecule has 5 heteroatoms. The van der Waals surface area contributed by atoms with Gasteiger partial charge in [-0.3, -0.25) is 9.59 Å². The molecule has 4 rings (SSSR count). The number of rotatable bonds is 4. The minimum Gasteiger partial charge on any atom is -0.338 e. The Bertz CT molecular complexity index is 861. The van der Waals surface area contributed by atoms with Crippen LogP contribution in [0.2, 0.25) is 0 Å². The predicted molar refractivity (Wildman–Crippen MR) is 104 cm³/mol. The van der Waals surface area contributed by atoms with Crippen LogP contribution in [0.4, 0.5) is 5.69 Å². The maximum Gasteiger partial charge on any atom is 0.256 e. The van der Waals surface area contributed by atoms with E-state index in [-0.39, 0.29) is 11.8 Å². The van der Waals surface area contributed by atoms with Crippen molar-refractivity contribution in [1.82, 2.24) is 4.90 Å². The number of benzene rings is 2. The van der Waals surface area contributed by atoms with Gasteiger partial charge in [0.2, 0.25) is 5.91 Å². The molecular formula is C21H22N2O2S. The van der Waals surface area contributed by atoms with Crippen molar-refractivity contribution < 1.29 is 9.59 Å². The van der Waals surface area contributed by atoms with Crippen molar-refractivity contribution in [2.45, 2.75) is 30.7 Å². The number of nitrogens with one attached hydrogen (secondary N) is 1. The third-order valence-corrected chi connectivity index (χ3v) is 5.86. The van der Waals surface area contributed by atoms with Gasteiger partial charge in [-0.15, -0.1) is 11.8 Å². The molecule has 1 N–H and O–H groups in total. The molecule has 0 bridgehead atoms. The Morgan fingerprint density at radius 3 is 2.69 bits per heavy atom. The summed E-state index contributed by atoms with van der Waals surface area (Å²) in [5.74, 6) is 0.443. The molecule has 1 heterocycles. The van der Waals surface area contributed by atoms with Crippen LogP contribution in [0, 0.1) is 5.92 Å². The highest BCUT2D eigenvalue weighted by Crippen LogP contribution is 2.33. The molecule has 1 aliphatic carbocycles. The van der Waals surface area contributed by atoms with Crippen molar-refractivity contribution in [3.63, 3.8) is 0 Å². The van der Waals surface area contributed by atoms with Crippen molar-refractivity contribution in [1.29, 1.82) is 0 Å². The monoisotopic (exact) mass is 366 g/mol. The molecule has 1 aliphatic heterocycles. The molecule has 4 nitrogen and oxygen atoms in total. The van der Waals surface area contributed by atoms with Crippen molar-refractivity contribution in [3.05, 3.63) is 59.2 Å². The van der Waals surface area contributed by atoms with Crippen LogP contribution in [0.5, 0.6) is 0 Å². The number of thioether (sulfide) groups is 1. The molecule has 2 aliphatic rings. The van der Waals surface area contributed by atoms with Crippen molar-refractivity contribution >= 4 is 29.3 Å². The Labute approximate surface area is 158 Å². The van der Waals surface area contributed by atoms with Crippen molar-refractivity contribution in [2.75, 3.05) is 18.1 Å². The number of hydrogen-bond acceptors (Lipinski definition) is 3. The smallest absolute Gasteiger partial charge is 0.256 e. The molecule has 0 saturated heterocycles. The average molecular weight is 366 g/mol. The summed E-state index contributed by atoms with van der Waals surface area (Å²) in [5, 5.41) is 3.01. The van der Waals surface area contributed by atoms with Gasteiger partial charge in [-0.2, -0.15) is 0 Å². The number of amides is 2. The Kier molecular flexibility index (Phi) is 4.72. The second kappa shape index (κ2) is 7.16. The van der Waals surface area contributed by atoms with Gasteiger partial charge in [-0.05, 0) is 60.9 Å². The zero-order chi connectivity index (χ0) is 18.1. The van der Waals surface area contributed by atoms with E-state index in [4.69, 9.17) is 0 Å². The first-order valence-corrected chi connectivity index (χ1v) is 10.2. The van der Waals surface area contributed by atoms with Crippen LogP contribution in [0.15, 0.2) is 47.4 Å². The van der Waals surface area contributed by atoms with Crippen molar-refractivity contribution in [2.24, 2.45) is 5.92 Å². The quantitative estimate of drug-likeness (QED) is 0.834. The first kappa shape index (κ1) is 17.2. The van der Waals surface area contributed by atoms with E-state index >= 15 is 0 Å². The van der Waals surface area contributed by atoms with Crippen LogP contribution >= 0.6 is 11.8 Å². The van der Waals surface area contributed by atoms with Crippen molar-refractivity contribution in [3.8, 4) is 0 Å². The molecule has 0 unspecified atom stereocenters. The summed E-state index contributed by atoms with van der Waals surface area (Å²) in [5.41, 5.74) is 3.88. The molecule has 26 heavy (non-hydrogen) atoms. The fourth-order valence-electron chi connectivity index (χ4n) is 3.44. The highest BCUT2D eigenvalue weighted by molar-refractivity contribution is 7.98. The standard InChI is InChI=1S/C21H22N2O2S/c1-26-19-5-3-2-4-18(19)20(24)22-17-9-8-14-10-11-23(13-16(14)12-17)21(25)15-6-7-15/h2-5,8-9,12,15H,6-7,10-11,13H2,1H3,(H,22,24). The van der Waals surface area contributed by atoms with E-state index in [0.29, 0.717) is 18.0 Å². The van der Waals surface area contributed by atoms with Gasteiger partial charge >= 0.3 is 0 Å². The Morgan fingerprint density at radius 2 is 1.92 bits per heavy atom. The zero-order valence-corrected chi connectivity index (χ0v) is 15.6. The second-order valence-electron chi connectivity index (χ2n) is 6.92. The van der Waals surface area contributed by atoms with Gasteiger partial charge < -0.3 is 10.2 Å². The lowest BCUT2D eigenvalue weighted by molar-refractivity contribution is -0.133. The highest BCUT2D eigenvalue weighted by atomic mass is 32.2. The first-order valence-electron chi connectivity index (χ1n) is 9.00. The Morgan fingerprint density at radius 1 is 1.12 bits per heavy atom. The van der Waals surface area contributed by atoms with E-state index in [1.807, 2.05) is 47.6 Å². The molecule has 0 aromatic heterocycles. The molecule has 0 atom stereocenters. The normalized spacial score (nSPS) is 16.1. The third-order valence-electron chi connectivity index (χ3n) is 5.07. The fraction of sp³-hybridized carbons (Fsp3) is 0.333. The first-order chi connectivity index (χ1) is 12.7. The number of hydrogen-bond donors (Lipinski definition) is 1. The Balaban J connectivity index is 1.51. The summed E-state index contributed by atoms with van der Waals surface area (Å²) in [6, 6.07) is 13.7. The van der Waals surface area contributed by atoms with Gasteiger partial charge in [0, 0.05) is 29.6 Å². The maximum absolute atomic E-state index is 12.6. The molecule has 1 fully saturated rings. The number of anilines is 1. The molecule has 134 valence electrons. The number of carbonyl (C=O) groups is 2. The Hall–Kier alpha value is -2.27. The lowest BCUT2D eigenvalue weighted by atomic mass is 9.98. The van der Waals surface area contributed by atoms with Gasteiger partial charge in [-0.1, -0.05) is 18.2 Å². The summed E-state index contributed by atoms with van der Waals surface area (Å²) in [7, 11) is 0. The van der Waals surface area contributed by atoms with Crippen LogP contribution in [0.3, 0.4) is 0 Å². The summed E-state index contributed by atoms with van der Waals surface area (Å²) in [6.07, 6.45) is 4.92. The van der Waals surface area contributed by atoms with Gasteiger partial charge in [0.25, 0.3) is 5.91 Å². The molecule has 0 radical (unpaired) electrons. The molecule has 2 aromatic rings. The predicted octanol–water partition coefficient (Wildman–Crippen LogP) is 3.96. The van der Waals surface area contributed by atoms with E-state index in [9.17, 15) is 9.59 Å². The topological polar surface area (TPSA) is 49.4 Å². The minimum atomic E-state index is -0.100. The molecule has 2 aromatic carbocycles. The number of nitrogens with zero attached hydrogens (tertiary/aromatic N) is 1. The van der Waals surface area contributed by atoms with Gasteiger partial charge in [0.1, 0.15) is 0 Å². The molecule has 0 spiro atoms. The van der Waals surface area contributed by atoms with Gasteiger partial charge in [-0.25, -0.2) is 0 Å². The SMILES string of the molecule is CSc1ccccc1C(=O)Nc1ccc2c(c1)CN(C(=O)C1CC1)CC2. The lowest BCUT2D eigenvalue weighted by Crippen LogP contribution is -2.36. The van der Waals surface area contributed by atoms with E-state index < -0.39 is 0 Å². The van der Waals surface area contributed by atoms with Crippen LogP contribution < -0.4 is 5.32 Å². The van der Waals surface area contributed by atoms with Crippen LogP contribution in [0.25, 0.3) is 0 Å².